The van der Waals surface area contributed by atoms with E-state index in [1.54, 1.807) is 0 Å². The van der Waals surface area contributed by atoms with E-state index in [0.29, 0.717) is 4.99 Å². The number of thioether (sulfide) groups is 1. The Morgan fingerprint density at radius 1 is 1.38 bits per heavy atom. The second-order valence-corrected chi connectivity index (χ2v) is 6.21. The van der Waals surface area contributed by atoms with E-state index in [9.17, 15) is 0 Å². The van der Waals surface area contributed by atoms with Gasteiger partial charge in [0.25, 0.3) is 0 Å². The normalized spacial score (nSPS) is 16.2. The Kier molecular flexibility index (Phi) is 4.10. The zero-order valence-electron chi connectivity index (χ0n) is 8.78. The third-order valence-electron chi connectivity index (χ3n) is 2.58. The highest BCUT2D eigenvalue weighted by molar-refractivity contribution is 9.10. The van der Waals surface area contributed by atoms with Gasteiger partial charge in [0.05, 0.1) is 0 Å². The first-order valence-electron chi connectivity index (χ1n) is 5.10. The van der Waals surface area contributed by atoms with Crippen LogP contribution in [0.25, 0.3) is 0 Å². The van der Waals surface area contributed by atoms with Crippen molar-refractivity contribution >= 4 is 50.6 Å². The minimum atomic E-state index is 0.467. The third-order valence-corrected chi connectivity index (χ3v) is 4.23. The second-order valence-electron chi connectivity index (χ2n) is 3.63. The highest BCUT2D eigenvalue weighted by Gasteiger charge is 2.15. The Hall–Kier alpha value is -0.260. The van der Waals surface area contributed by atoms with Crippen LogP contribution in [-0.2, 0) is 0 Å². The van der Waals surface area contributed by atoms with Gasteiger partial charge in [-0.1, -0.05) is 28.1 Å². The molecule has 16 heavy (non-hydrogen) atoms. The molecule has 0 aromatic heterocycles. The van der Waals surface area contributed by atoms with Gasteiger partial charge in [0.2, 0.25) is 0 Å². The average Bonchev–Trinajstić information content (AvgIpc) is 2.30. The van der Waals surface area contributed by atoms with Gasteiger partial charge in [0.1, 0.15) is 4.99 Å². The molecule has 0 aliphatic carbocycles. The zero-order valence-corrected chi connectivity index (χ0v) is 12.0. The Morgan fingerprint density at radius 3 is 2.69 bits per heavy atom. The predicted octanol–water partition coefficient (Wildman–Crippen LogP) is 2.64. The van der Waals surface area contributed by atoms with Gasteiger partial charge in [-0.15, -0.1) is 0 Å². The number of nitrogens with zero attached hydrogens (tertiary/aromatic N) is 1. The highest BCUT2D eigenvalue weighted by atomic mass is 79.9. The van der Waals surface area contributed by atoms with Crippen LogP contribution in [0.3, 0.4) is 0 Å². The first-order valence-corrected chi connectivity index (χ1v) is 7.46. The van der Waals surface area contributed by atoms with Gasteiger partial charge in [-0.05, 0) is 18.2 Å². The van der Waals surface area contributed by atoms with E-state index >= 15 is 0 Å². The Morgan fingerprint density at radius 2 is 2.06 bits per heavy atom. The predicted molar refractivity (Wildman–Crippen MR) is 79.6 cm³/mol. The Bertz CT molecular complexity index is 403. The Labute approximate surface area is 114 Å². The maximum absolute atomic E-state index is 5.77. The molecule has 0 spiro atoms. The molecule has 86 valence electrons. The first kappa shape index (κ1) is 12.2. The average molecular weight is 317 g/mol. The summed E-state index contributed by atoms with van der Waals surface area (Å²) in [7, 11) is 0. The minimum Gasteiger partial charge on any atom is -0.389 e. The van der Waals surface area contributed by atoms with Gasteiger partial charge >= 0.3 is 0 Å². The van der Waals surface area contributed by atoms with Crippen LogP contribution in [0.15, 0.2) is 22.7 Å². The number of halogens is 1. The molecule has 1 fully saturated rings. The lowest BCUT2D eigenvalue weighted by atomic mass is 10.1. The van der Waals surface area contributed by atoms with E-state index in [-0.39, 0.29) is 0 Å². The van der Waals surface area contributed by atoms with Crippen molar-refractivity contribution in [2.75, 3.05) is 29.5 Å². The van der Waals surface area contributed by atoms with Crippen LogP contribution in [-0.4, -0.2) is 29.6 Å². The third kappa shape index (κ3) is 2.70. The summed E-state index contributed by atoms with van der Waals surface area (Å²) in [4.78, 5) is 2.83. The van der Waals surface area contributed by atoms with Gasteiger partial charge in [0, 0.05) is 40.3 Å². The number of hydrogen-bond donors (Lipinski definition) is 1. The molecule has 0 radical (unpaired) electrons. The van der Waals surface area contributed by atoms with Crippen molar-refractivity contribution in [2.24, 2.45) is 5.73 Å². The summed E-state index contributed by atoms with van der Waals surface area (Å²) in [6.45, 7) is 2.14. The standard InChI is InChI=1S/C11H13BrN2S2/c12-8-1-2-10(9(7-8)11(13)15)14-3-5-16-6-4-14/h1-2,7H,3-6H2,(H2,13,15). The fourth-order valence-corrected chi connectivity index (χ4v) is 3.21. The molecule has 2 rings (SSSR count). The molecule has 1 aliphatic heterocycles. The van der Waals surface area contributed by atoms with E-state index < -0.39 is 0 Å². The van der Waals surface area contributed by atoms with Crippen LogP contribution in [0.4, 0.5) is 5.69 Å². The highest BCUT2D eigenvalue weighted by Crippen LogP contribution is 2.26. The molecule has 1 aliphatic rings. The fourth-order valence-electron chi connectivity index (χ4n) is 1.79. The van der Waals surface area contributed by atoms with E-state index in [1.807, 2.05) is 23.9 Å². The number of benzene rings is 1. The van der Waals surface area contributed by atoms with Gasteiger partial charge in [0.15, 0.2) is 0 Å². The molecule has 5 heteroatoms. The van der Waals surface area contributed by atoms with Gasteiger partial charge in [-0.2, -0.15) is 11.8 Å². The zero-order chi connectivity index (χ0) is 11.5. The molecule has 1 heterocycles. The van der Waals surface area contributed by atoms with Crippen molar-refractivity contribution < 1.29 is 0 Å². The molecule has 0 atom stereocenters. The van der Waals surface area contributed by atoms with Crippen LogP contribution in [0, 0.1) is 0 Å². The largest absolute Gasteiger partial charge is 0.389 e. The van der Waals surface area contributed by atoms with Gasteiger partial charge < -0.3 is 10.6 Å². The number of nitrogens with two attached hydrogens (primary N) is 1. The molecular formula is C11H13BrN2S2. The molecule has 1 aromatic carbocycles. The van der Waals surface area contributed by atoms with Crippen molar-refractivity contribution in [2.45, 2.75) is 0 Å². The maximum Gasteiger partial charge on any atom is 0.106 e. The maximum atomic E-state index is 5.77. The summed E-state index contributed by atoms with van der Waals surface area (Å²) < 4.78 is 1.02. The number of hydrogen-bond acceptors (Lipinski definition) is 3. The lowest BCUT2D eigenvalue weighted by molar-refractivity contribution is 0.857. The van der Waals surface area contributed by atoms with Gasteiger partial charge in [-0.3, -0.25) is 0 Å². The fraction of sp³-hybridized carbons (Fsp3) is 0.364. The molecule has 2 nitrogen and oxygen atoms in total. The molecule has 1 aromatic rings. The second kappa shape index (κ2) is 5.38. The van der Waals surface area contributed by atoms with Crippen LogP contribution < -0.4 is 10.6 Å². The SMILES string of the molecule is NC(=S)c1cc(Br)ccc1N1CCSCC1. The Balaban J connectivity index is 2.34. The molecule has 2 N–H and O–H groups in total. The molecule has 0 amide bonds. The first-order chi connectivity index (χ1) is 7.68. The van der Waals surface area contributed by atoms with Gasteiger partial charge in [-0.25, -0.2) is 0 Å². The summed E-state index contributed by atoms with van der Waals surface area (Å²) >= 11 is 10.6. The van der Waals surface area contributed by atoms with Crippen molar-refractivity contribution in [1.82, 2.24) is 0 Å². The molecule has 0 bridgehead atoms. The molecular weight excluding hydrogens is 304 g/mol. The van der Waals surface area contributed by atoms with Crippen LogP contribution in [0.1, 0.15) is 5.56 Å². The smallest absolute Gasteiger partial charge is 0.106 e. The topological polar surface area (TPSA) is 29.3 Å². The van der Waals surface area contributed by atoms with E-state index in [2.05, 4.69) is 26.9 Å². The monoisotopic (exact) mass is 316 g/mol. The van der Waals surface area contributed by atoms with Crippen molar-refractivity contribution in [3.63, 3.8) is 0 Å². The number of rotatable bonds is 2. The van der Waals surface area contributed by atoms with Crippen LogP contribution >= 0.6 is 39.9 Å². The summed E-state index contributed by atoms with van der Waals surface area (Å²) in [5.41, 5.74) is 7.90. The summed E-state index contributed by atoms with van der Waals surface area (Å²) in [6, 6.07) is 6.13. The van der Waals surface area contributed by atoms with E-state index in [1.165, 1.54) is 11.5 Å². The summed E-state index contributed by atoms with van der Waals surface area (Å²) in [5.74, 6) is 2.35. The van der Waals surface area contributed by atoms with Crippen molar-refractivity contribution in [3.8, 4) is 0 Å². The van der Waals surface area contributed by atoms with Crippen LogP contribution in [0.5, 0.6) is 0 Å². The van der Waals surface area contributed by atoms with Crippen molar-refractivity contribution in [3.05, 3.63) is 28.2 Å². The molecule has 0 saturated carbocycles. The minimum absolute atomic E-state index is 0.467. The quantitative estimate of drug-likeness (QED) is 0.849. The number of thiocarbonyl (C=S) groups is 1. The van der Waals surface area contributed by atoms with Crippen molar-refractivity contribution in [1.29, 1.82) is 0 Å². The van der Waals surface area contributed by atoms with E-state index in [4.69, 9.17) is 18.0 Å². The molecule has 1 saturated heterocycles. The summed E-state index contributed by atoms with van der Waals surface area (Å²) in [6.07, 6.45) is 0. The number of anilines is 1. The molecule has 0 unspecified atom stereocenters. The summed E-state index contributed by atoms with van der Waals surface area (Å²) in [5, 5.41) is 0. The van der Waals surface area contributed by atoms with Crippen LogP contribution in [0.2, 0.25) is 0 Å². The van der Waals surface area contributed by atoms with E-state index in [0.717, 1.165) is 28.8 Å². The lowest BCUT2D eigenvalue weighted by Gasteiger charge is -2.30. The lowest BCUT2D eigenvalue weighted by Crippen LogP contribution is -2.34.